The number of nitrogens with two attached hydrogens (primary N) is 1. The Morgan fingerprint density at radius 2 is 1.63 bits per heavy atom. The number of nitrogens with zero attached hydrogens (tertiary/aromatic N) is 1. The molecule has 0 aliphatic rings. The van der Waals surface area contributed by atoms with Crippen LogP contribution in [-0.4, -0.2) is 45.9 Å². The summed E-state index contributed by atoms with van der Waals surface area (Å²) in [4.78, 5) is 15.0. The molecule has 0 spiro atoms. The molecule has 0 heterocycles. The van der Waals surface area contributed by atoms with E-state index < -0.39 is 10.0 Å². The molecule has 5 N–H and O–H groups in total. The molecule has 0 fully saturated rings. The molecule has 210 valence electrons. The zero-order chi connectivity index (χ0) is 29.6. The molecular weight excluding hydrogens is 558 g/mol. The lowest BCUT2D eigenvalue weighted by Crippen LogP contribution is -2.31. The number of anilines is 2. The van der Waals surface area contributed by atoms with E-state index in [0.717, 1.165) is 11.3 Å². The number of methoxy groups -OCH3 is 1. The minimum atomic E-state index is -3.88. The van der Waals surface area contributed by atoms with Crippen LogP contribution in [0.3, 0.4) is 0 Å². The number of thiocarbonyl (C=S) groups is 1. The molecule has 0 radical (unpaired) electrons. The number of likely N-dealkylation sites (N-methyl/N-ethyl adjacent to an activating group) is 1. The topological polar surface area (TPSA) is 138 Å². The molecule has 0 aliphatic heterocycles. The van der Waals surface area contributed by atoms with Crippen molar-refractivity contribution in [2.75, 3.05) is 30.9 Å². The number of sulfonamides is 1. The Balaban J connectivity index is 1.37. The maximum atomic E-state index is 12.8. The van der Waals surface area contributed by atoms with Crippen molar-refractivity contribution in [3.8, 4) is 16.9 Å². The molecule has 11 heteroatoms. The normalized spacial score (nSPS) is 10.9. The SMILES string of the molecule is COc1ccc(C(=S)NC(=N)c2cccc(N(C)CC(=O)Nc3ccc(-c4ccccc4S(N)(=O)=O)cc3)c2)cc1. The molecule has 0 aliphatic carbocycles. The number of benzene rings is 4. The minimum absolute atomic E-state index is 0.0338. The molecule has 4 aromatic rings. The number of nitrogens with one attached hydrogen (secondary N) is 3. The second-order valence-corrected chi connectivity index (χ2v) is 11.1. The van der Waals surface area contributed by atoms with Crippen molar-refractivity contribution >= 4 is 50.3 Å². The van der Waals surface area contributed by atoms with Gasteiger partial charge in [-0.25, -0.2) is 13.6 Å². The van der Waals surface area contributed by atoms with Crippen LogP contribution in [0.25, 0.3) is 11.1 Å². The van der Waals surface area contributed by atoms with E-state index in [-0.39, 0.29) is 23.2 Å². The number of amides is 1. The van der Waals surface area contributed by atoms with Gasteiger partial charge in [0.1, 0.15) is 16.6 Å². The van der Waals surface area contributed by atoms with Gasteiger partial charge < -0.3 is 20.3 Å². The van der Waals surface area contributed by atoms with Gasteiger partial charge in [-0.2, -0.15) is 0 Å². The minimum Gasteiger partial charge on any atom is -0.497 e. The largest absolute Gasteiger partial charge is 0.497 e. The number of primary sulfonamides is 1. The second kappa shape index (κ2) is 12.7. The van der Waals surface area contributed by atoms with Gasteiger partial charge in [-0.05, 0) is 60.2 Å². The first-order chi connectivity index (χ1) is 19.5. The van der Waals surface area contributed by atoms with Crippen LogP contribution < -0.4 is 25.4 Å². The van der Waals surface area contributed by atoms with Gasteiger partial charge in [0.2, 0.25) is 15.9 Å². The fourth-order valence-electron chi connectivity index (χ4n) is 4.09. The van der Waals surface area contributed by atoms with Gasteiger partial charge in [-0.15, -0.1) is 0 Å². The van der Waals surface area contributed by atoms with Gasteiger partial charge in [0.15, 0.2) is 0 Å². The van der Waals surface area contributed by atoms with Gasteiger partial charge in [-0.1, -0.05) is 54.7 Å². The molecule has 0 bridgehead atoms. The van der Waals surface area contributed by atoms with E-state index >= 15 is 0 Å². The van der Waals surface area contributed by atoms with Crippen molar-refractivity contribution in [3.05, 3.63) is 108 Å². The van der Waals surface area contributed by atoms with Crippen LogP contribution in [0.5, 0.6) is 5.75 Å². The second-order valence-electron chi connectivity index (χ2n) is 9.13. The molecule has 41 heavy (non-hydrogen) atoms. The summed E-state index contributed by atoms with van der Waals surface area (Å²) in [6.07, 6.45) is 0. The average Bonchev–Trinajstić information content (AvgIpc) is 2.97. The van der Waals surface area contributed by atoms with E-state index in [1.54, 1.807) is 85.8 Å². The van der Waals surface area contributed by atoms with E-state index in [1.807, 2.05) is 24.3 Å². The summed E-state index contributed by atoms with van der Waals surface area (Å²) >= 11 is 5.45. The van der Waals surface area contributed by atoms with Crippen LogP contribution in [0.2, 0.25) is 0 Å². The number of carbonyl (C=O) groups is 1. The molecule has 0 aromatic heterocycles. The summed E-state index contributed by atoms with van der Waals surface area (Å²) in [5.74, 6) is 0.605. The summed E-state index contributed by atoms with van der Waals surface area (Å²) in [6.45, 7) is 0.0600. The van der Waals surface area contributed by atoms with E-state index in [2.05, 4.69) is 10.6 Å². The highest BCUT2D eigenvalue weighted by Crippen LogP contribution is 2.27. The smallest absolute Gasteiger partial charge is 0.243 e. The fourth-order valence-corrected chi connectivity index (χ4v) is 5.09. The molecule has 0 saturated heterocycles. The lowest BCUT2D eigenvalue weighted by atomic mass is 10.1. The molecule has 1 amide bonds. The first kappa shape index (κ1) is 29.4. The van der Waals surface area contributed by atoms with Crippen molar-refractivity contribution in [1.29, 1.82) is 5.41 Å². The quantitative estimate of drug-likeness (QED) is 0.130. The Bertz CT molecular complexity index is 1690. The van der Waals surface area contributed by atoms with Crippen LogP contribution in [0.1, 0.15) is 11.1 Å². The molecule has 0 saturated carbocycles. The number of hydrogen-bond donors (Lipinski definition) is 4. The lowest BCUT2D eigenvalue weighted by molar-refractivity contribution is -0.114. The molecular formula is C30H29N5O4S2. The zero-order valence-electron chi connectivity index (χ0n) is 22.4. The first-order valence-corrected chi connectivity index (χ1v) is 14.4. The summed E-state index contributed by atoms with van der Waals surface area (Å²) in [5.41, 5.74) is 3.82. The first-order valence-electron chi connectivity index (χ1n) is 12.4. The maximum Gasteiger partial charge on any atom is 0.243 e. The molecule has 9 nitrogen and oxygen atoms in total. The van der Waals surface area contributed by atoms with Crippen molar-refractivity contribution in [2.24, 2.45) is 5.14 Å². The zero-order valence-corrected chi connectivity index (χ0v) is 24.1. The summed E-state index contributed by atoms with van der Waals surface area (Å²) in [6, 6.07) is 27.8. The Morgan fingerprint density at radius 3 is 2.29 bits per heavy atom. The highest BCUT2D eigenvalue weighted by atomic mass is 32.2. The summed E-state index contributed by atoms with van der Waals surface area (Å²) < 4.78 is 29.0. The van der Waals surface area contributed by atoms with Crippen molar-refractivity contribution in [1.82, 2.24) is 5.32 Å². The van der Waals surface area contributed by atoms with Crippen LogP contribution >= 0.6 is 12.2 Å². The molecule has 4 aromatic carbocycles. The van der Waals surface area contributed by atoms with Crippen molar-refractivity contribution in [2.45, 2.75) is 4.90 Å². The van der Waals surface area contributed by atoms with Crippen LogP contribution in [0.4, 0.5) is 11.4 Å². The Morgan fingerprint density at radius 1 is 0.951 bits per heavy atom. The molecule has 0 atom stereocenters. The highest BCUT2D eigenvalue weighted by molar-refractivity contribution is 7.89. The van der Waals surface area contributed by atoms with Crippen molar-refractivity contribution < 1.29 is 17.9 Å². The Kier molecular flexibility index (Phi) is 9.13. The highest BCUT2D eigenvalue weighted by Gasteiger charge is 2.15. The van der Waals surface area contributed by atoms with E-state index in [0.29, 0.717) is 33.1 Å². The number of amidine groups is 1. The number of ether oxygens (including phenoxy) is 1. The van der Waals surface area contributed by atoms with Gasteiger partial charge in [0.25, 0.3) is 0 Å². The third-order valence-electron chi connectivity index (χ3n) is 6.22. The Labute approximate surface area is 244 Å². The van der Waals surface area contributed by atoms with Gasteiger partial charge in [0, 0.05) is 35.1 Å². The van der Waals surface area contributed by atoms with E-state index in [1.165, 1.54) is 6.07 Å². The third-order valence-corrected chi connectivity index (χ3v) is 7.53. The van der Waals surface area contributed by atoms with Gasteiger partial charge in [-0.3, -0.25) is 10.2 Å². The summed E-state index contributed by atoms with van der Waals surface area (Å²) in [7, 11) is -0.510. The Hall–Kier alpha value is -4.58. The number of rotatable bonds is 9. The standard InChI is InChI=1S/C30H29N5O4S2/c1-35(24-7-5-6-22(18-24)29(31)34-30(40)21-12-16-25(39-2)17-13-21)19-28(36)33-23-14-10-20(11-15-23)26-8-3-4-9-27(26)41(32,37)38/h3-18H,19H2,1-2H3,(H,33,36)(H2,31,34,40)(H2,32,37,38). The predicted octanol–water partition coefficient (Wildman–Crippen LogP) is 4.38. The predicted molar refractivity (Wildman–Crippen MR) is 166 cm³/mol. The van der Waals surface area contributed by atoms with E-state index in [9.17, 15) is 13.2 Å². The third kappa shape index (κ3) is 7.54. The maximum absolute atomic E-state index is 12.8. The van der Waals surface area contributed by atoms with Crippen LogP contribution in [-0.2, 0) is 14.8 Å². The number of hydrogen-bond acceptors (Lipinski definition) is 7. The fraction of sp³-hybridized carbons (Fsp3) is 0.100. The monoisotopic (exact) mass is 587 g/mol. The van der Waals surface area contributed by atoms with E-state index in [4.69, 9.17) is 27.5 Å². The van der Waals surface area contributed by atoms with Crippen molar-refractivity contribution in [3.63, 3.8) is 0 Å². The van der Waals surface area contributed by atoms with Gasteiger partial charge in [0.05, 0.1) is 18.6 Å². The van der Waals surface area contributed by atoms with Crippen LogP contribution in [0, 0.1) is 5.41 Å². The summed E-state index contributed by atoms with van der Waals surface area (Å²) in [5, 5.41) is 19.6. The molecule has 4 rings (SSSR count). The van der Waals surface area contributed by atoms with Gasteiger partial charge >= 0.3 is 0 Å². The number of carbonyl (C=O) groups excluding carboxylic acids is 1. The average molecular weight is 588 g/mol. The van der Waals surface area contributed by atoms with Crippen LogP contribution in [0.15, 0.2) is 102 Å². The lowest BCUT2D eigenvalue weighted by Gasteiger charge is -2.20. The molecule has 0 unspecified atom stereocenters.